The average molecular weight is 262 g/mol. The molecule has 19 heavy (non-hydrogen) atoms. The molecule has 0 aliphatic carbocycles. The van der Waals surface area contributed by atoms with Crippen LogP contribution in [0.2, 0.25) is 0 Å². The second-order valence-corrected chi connectivity index (χ2v) is 5.00. The molecule has 1 aromatic rings. The zero-order valence-electron chi connectivity index (χ0n) is 11.2. The van der Waals surface area contributed by atoms with Crippen molar-refractivity contribution in [1.29, 1.82) is 0 Å². The van der Waals surface area contributed by atoms with Crippen molar-refractivity contribution in [2.45, 2.75) is 19.3 Å². The molecule has 5 heteroatoms. The number of likely N-dealkylation sites (tertiary alicyclic amines) is 1. The Morgan fingerprint density at radius 2 is 2.05 bits per heavy atom. The first-order valence-electron chi connectivity index (χ1n) is 6.82. The number of nitrogen functional groups attached to an aromatic ring is 1. The SMILES string of the molecule is NC(=O)c1ccc(N)cc1NCCCN1CCCC1. The summed E-state index contributed by atoms with van der Waals surface area (Å²) in [6, 6.07) is 5.12. The molecule has 0 atom stereocenters. The van der Waals surface area contributed by atoms with Gasteiger partial charge in [-0.25, -0.2) is 0 Å². The van der Waals surface area contributed by atoms with Crippen molar-refractivity contribution in [3.63, 3.8) is 0 Å². The zero-order chi connectivity index (χ0) is 13.7. The number of carbonyl (C=O) groups excluding carboxylic acids is 1. The van der Waals surface area contributed by atoms with E-state index in [-0.39, 0.29) is 0 Å². The Balaban J connectivity index is 1.84. The molecule has 1 fully saturated rings. The van der Waals surface area contributed by atoms with Crippen molar-refractivity contribution in [2.75, 3.05) is 37.2 Å². The number of benzene rings is 1. The van der Waals surface area contributed by atoms with Crippen LogP contribution in [-0.4, -0.2) is 37.0 Å². The van der Waals surface area contributed by atoms with Gasteiger partial charge in [-0.3, -0.25) is 4.79 Å². The number of nitrogens with two attached hydrogens (primary N) is 2. The third-order valence-corrected chi connectivity index (χ3v) is 3.47. The quantitative estimate of drug-likeness (QED) is 0.532. The molecule has 1 heterocycles. The largest absolute Gasteiger partial charge is 0.399 e. The van der Waals surface area contributed by atoms with Gasteiger partial charge < -0.3 is 21.7 Å². The predicted octanol–water partition coefficient (Wildman–Crippen LogP) is 1.27. The van der Waals surface area contributed by atoms with E-state index < -0.39 is 5.91 Å². The van der Waals surface area contributed by atoms with E-state index in [1.165, 1.54) is 25.9 Å². The summed E-state index contributed by atoms with van der Waals surface area (Å²) in [6.07, 6.45) is 3.68. The molecule has 5 N–H and O–H groups in total. The summed E-state index contributed by atoms with van der Waals surface area (Å²) in [7, 11) is 0. The Bertz CT molecular complexity index is 441. The highest BCUT2D eigenvalue weighted by Gasteiger charge is 2.11. The van der Waals surface area contributed by atoms with Gasteiger partial charge in [0.15, 0.2) is 0 Å². The fourth-order valence-corrected chi connectivity index (χ4v) is 2.45. The van der Waals surface area contributed by atoms with Crippen LogP contribution in [0.5, 0.6) is 0 Å². The Morgan fingerprint density at radius 3 is 2.74 bits per heavy atom. The molecule has 1 saturated heterocycles. The normalized spacial score (nSPS) is 15.6. The van der Waals surface area contributed by atoms with Gasteiger partial charge in [0.05, 0.1) is 5.56 Å². The zero-order valence-corrected chi connectivity index (χ0v) is 11.2. The summed E-state index contributed by atoms with van der Waals surface area (Å²) in [5.41, 5.74) is 12.9. The molecule has 0 saturated carbocycles. The van der Waals surface area contributed by atoms with Crippen LogP contribution in [0.25, 0.3) is 0 Å². The minimum atomic E-state index is -0.429. The number of amides is 1. The molecule has 1 amide bonds. The van der Waals surface area contributed by atoms with Gasteiger partial charge in [-0.15, -0.1) is 0 Å². The molecule has 0 unspecified atom stereocenters. The van der Waals surface area contributed by atoms with Gasteiger partial charge in [-0.2, -0.15) is 0 Å². The first kappa shape index (κ1) is 13.7. The van der Waals surface area contributed by atoms with Crippen LogP contribution in [0.15, 0.2) is 18.2 Å². The third-order valence-electron chi connectivity index (χ3n) is 3.47. The number of hydrogen-bond acceptors (Lipinski definition) is 4. The van der Waals surface area contributed by atoms with Crippen molar-refractivity contribution in [2.24, 2.45) is 5.73 Å². The highest BCUT2D eigenvalue weighted by molar-refractivity contribution is 5.99. The number of nitrogens with zero attached hydrogens (tertiary/aromatic N) is 1. The Labute approximate surface area is 113 Å². The van der Waals surface area contributed by atoms with Crippen LogP contribution in [0.3, 0.4) is 0 Å². The van der Waals surface area contributed by atoms with Crippen LogP contribution >= 0.6 is 0 Å². The summed E-state index contributed by atoms with van der Waals surface area (Å²) in [4.78, 5) is 13.8. The van der Waals surface area contributed by atoms with E-state index in [4.69, 9.17) is 11.5 Å². The first-order valence-corrected chi connectivity index (χ1v) is 6.82. The summed E-state index contributed by atoms with van der Waals surface area (Å²) in [5.74, 6) is -0.429. The summed E-state index contributed by atoms with van der Waals surface area (Å²) >= 11 is 0. The third kappa shape index (κ3) is 3.86. The lowest BCUT2D eigenvalue weighted by Crippen LogP contribution is -2.23. The topological polar surface area (TPSA) is 84.4 Å². The fourth-order valence-electron chi connectivity index (χ4n) is 2.45. The molecule has 0 radical (unpaired) electrons. The second-order valence-electron chi connectivity index (χ2n) is 5.00. The summed E-state index contributed by atoms with van der Waals surface area (Å²) in [5, 5.41) is 3.25. The minimum absolute atomic E-state index is 0.429. The lowest BCUT2D eigenvalue weighted by atomic mass is 10.1. The monoisotopic (exact) mass is 262 g/mol. The second kappa shape index (κ2) is 6.43. The maximum absolute atomic E-state index is 11.3. The number of carbonyl (C=O) groups is 1. The number of hydrogen-bond donors (Lipinski definition) is 3. The standard InChI is InChI=1S/C14H22N4O/c15-11-4-5-12(14(16)19)13(10-11)17-6-3-9-18-7-1-2-8-18/h4-5,10,17H,1-3,6-9,15H2,(H2,16,19). The maximum atomic E-state index is 11.3. The van der Waals surface area contributed by atoms with Crippen LogP contribution in [0.4, 0.5) is 11.4 Å². The van der Waals surface area contributed by atoms with E-state index in [1.807, 2.05) is 0 Å². The molecule has 0 bridgehead atoms. The van der Waals surface area contributed by atoms with Crippen molar-refractivity contribution in [3.05, 3.63) is 23.8 Å². The molecular weight excluding hydrogens is 240 g/mol. The van der Waals surface area contributed by atoms with Crippen molar-refractivity contribution < 1.29 is 4.79 Å². The lowest BCUT2D eigenvalue weighted by Gasteiger charge is -2.15. The van der Waals surface area contributed by atoms with Crippen LogP contribution < -0.4 is 16.8 Å². The molecule has 5 nitrogen and oxygen atoms in total. The van der Waals surface area contributed by atoms with Gasteiger partial charge in [-0.1, -0.05) is 0 Å². The molecular formula is C14H22N4O. The fraction of sp³-hybridized carbons (Fsp3) is 0.500. The highest BCUT2D eigenvalue weighted by Crippen LogP contribution is 2.18. The molecule has 0 spiro atoms. The molecule has 0 aromatic heterocycles. The molecule has 2 rings (SSSR count). The Kier molecular flexibility index (Phi) is 4.63. The smallest absolute Gasteiger partial charge is 0.250 e. The average Bonchev–Trinajstić information content (AvgIpc) is 2.87. The van der Waals surface area contributed by atoms with Crippen LogP contribution in [0.1, 0.15) is 29.6 Å². The maximum Gasteiger partial charge on any atom is 0.250 e. The lowest BCUT2D eigenvalue weighted by molar-refractivity contribution is 0.100. The van der Waals surface area contributed by atoms with Crippen LogP contribution in [-0.2, 0) is 0 Å². The van der Waals surface area contributed by atoms with E-state index >= 15 is 0 Å². The van der Waals surface area contributed by atoms with Gasteiger partial charge in [0.1, 0.15) is 0 Å². The molecule has 1 aromatic carbocycles. The van der Waals surface area contributed by atoms with Crippen LogP contribution in [0, 0.1) is 0 Å². The van der Waals surface area contributed by atoms with Gasteiger partial charge in [0.25, 0.3) is 5.91 Å². The summed E-state index contributed by atoms with van der Waals surface area (Å²) < 4.78 is 0. The molecule has 104 valence electrons. The van der Waals surface area contributed by atoms with Crippen molar-refractivity contribution in [1.82, 2.24) is 4.90 Å². The Hall–Kier alpha value is -1.75. The molecule has 1 aliphatic heterocycles. The van der Waals surface area contributed by atoms with E-state index in [2.05, 4.69) is 10.2 Å². The van der Waals surface area contributed by atoms with Crippen molar-refractivity contribution in [3.8, 4) is 0 Å². The van der Waals surface area contributed by atoms with Gasteiger partial charge in [-0.05, 0) is 57.1 Å². The van der Waals surface area contributed by atoms with Gasteiger partial charge in [0.2, 0.25) is 0 Å². The van der Waals surface area contributed by atoms with E-state index in [9.17, 15) is 4.79 Å². The first-order chi connectivity index (χ1) is 9.16. The number of anilines is 2. The van der Waals surface area contributed by atoms with E-state index in [0.717, 1.165) is 25.2 Å². The van der Waals surface area contributed by atoms with E-state index in [0.29, 0.717) is 11.3 Å². The highest BCUT2D eigenvalue weighted by atomic mass is 16.1. The number of rotatable bonds is 6. The van der Waals surface area contributed by atoms with E-state index in [1.54, 1.807) is 18.2 Å². The number of nitrogens with one attached hydrogen (secondary N) is 1. The number of primary amides is 1. The van der Waals surface area contributed by atoms with Crippen molar-refractivity contribution >= 4 is 17.3 Å². The minimum Gasteiger partial charge on any atom is -0.399 e. The molecule has 1 aliphatic rings. The van der Waals surface area contributed by atoms with Gasteiger partial charge >= 0.3 is 0 Å². The summed E-state index contributed by atoms with van der Waals surface area (Å²) in [6.45, 7) is 4.34. The van der Waals surface area contributed by atoms with Gasteiger partial charge in [0, 0.05) is 17.9 Å². The Morgan fingerprint density at radius 1 is 1.32 bits per heavy atom. The predicted molar refractivity (Wildman–Crippen MR) is 78.2 cm³/mol.